The fourth-order valence-electron chi connectivity index (χ4n) is 3.08. The first-order chi connectivity index (χ1) is 15.5. The van der Waals surface area contributed by atoms with Crippen LogP contribution in [0.15, 0.2) is 53.0 Å². The van der Waals surface area contributed by atoms with Gasteiger partial charge in [-0.1, -0.05) is 18.2 Å². The molecule has 0 aliphatic carbocycles. The zero-order valence-electron chi connectivity index (χ0n) is 17.2. The van der Waals surface area contributed by atoms with Crippen molar-refractivity contribution in [3.05, 3.63) is 64.3 Å². The number of anilines is 1. The third kappa shape index (κ3) is 4.72. The summed E-state index contributed by atoms with van der Waals surface area (Å²) < 4.78 is 7.87. The molecular formula is C21H20N6O4S. The summed E-state index contributed by atoms with van der Waals surface area (Å²) in [6.07, 6.45) is 3.01. The van der Waals surface area contributed by atoms with E-state index in [9.17, 15) is 14.4 Å². The molecule has 4 rings (SSSR count). The minimum atomic E-state index is -0.367. The number of hydrogen-bond donors (Lipinski definition) is 1. The Morgan fingerprint density at radius 3 is 2.81 bits per heavy atom. The topological polar surface area (TPSA) is 121 Å². The van der Waals surface area contributed by atoms with Gasteiger partial charge in [0.15, 0.2) is 10.8 Å². The Kier molecular flexibility index (Phi) is 6.36. The lowest BCUT2D eigenvalue weighted by molar-refractivity contribution is -0.142. The highest BCUT2D eigenvalue weighted by Gasteiger charge is 2.13. The molecular weight excluding hydrogens is 432 g/mol. The molecule has 4 aromatic rings. The molecule has 0 aliphatic rings. The van der Waals surface area contributed by atoms with E-state index in [4.69, 9.17) is 4.74 Å². The number of thiazole rings is 1. The number of nitrogens with one attached hydrogen (secondary N) is 1. The lowest BCUT2D eigenvalue weighted by Gasteiger charge is -2.06. The maximum Gasteiger partial charge on any atom is 0.311 e. The molecule has 1 N–H and O–H groups in total. The van der Waals surface area contributed by atoms with Gasteiger partial charge < -0.3 is 10.1 Å². The van der Waals surface area contributed by atoms with Gasteiger partial charge in [0.05, 0.1) is 36.9 Å². The molecule has 0 atom stereocenters. The monoisotopic (exact) mass is 452 g/mol. The van der Waals surface area contributed by atoms with Gasteiger partial charge in [0, 0.05) is 18.3 Å². The third-order valence-electron chi connectivity index (χ3n) is 4.56. The van der Waals surface area contributed by atoms with Crippen molar-refractivity contribution in [2.45, 2.75) is 26.3 Å². The van der Waals surface area contributed by atoms with Crippen LogP contribution >= 0.6 is 11.3 Å². The van der Waals surface area contributed by atoms with Crippen molar-refractivity contribution in [1.29, 1.82) is 0 Å². The second-order valence-electron chi connectivity index (χ2n) is 6.80. The summed E-state index contributed by atoms with van der Waals surface area (Å²) in [4.78, 5) is 45.2. The lowest BCUT2D eigenvalue weighted by Crippen LogP contribution is -2.23. The Balaban J connectivity index is 1.40. The van der Waals surface area contributed by atoms with E-state index in [1.54, 1.807) is 17.0 Å². The number of carbonyl (C=O) groups excluding carboxylic acids is 2. The summed E-state index contributed by atoms with van der Waals surface area (Å²) in [7, 11) is 0. The quantitative estimate of drug-likeness (QED) is 0.407. The van der Waals surface area contributed by atoms with E-state index in [2.05, 4.69) is 20.4 Å². The number of esters is 1. The van der Waals surface area contributed by atoms with Crippen molar-refractivity contribution in [2.75, 3.05) is 11.9 Å². The van der Waals surface area contributed by atoms with Crippen molar-refractivity contribution in [3.8, 4) is 5.69 Å². The molecule has 3 heterocycles. The van der Waals surface area contributed by atoms with E-state index in [-0.39, 0.29) is 36.8 Å². The Morgan fingerprint density at radius 2 is 2.03 bits per heavy atom. The second kappa shape index (κ2) is 9.52. The molecule has 0 aliphatic heterocycles. The smallest absolute Gasteiger partial charge is 0.311 e. The highest BCUT2D eigenvalue weighted by molar-refractivity contribution is 7.13. The van der Waals surface area contributed by atoms with E-state index in [1.807, 2.05) is 30.3 Å². The Labute approximate surface area is 186 Å². The lowest BCUT2D eigenvalue weighted by atomic mass is 10.3. The molecule has 1 aromatic carbocycles. The Hall–Kier alpha value is -3.86. The predicted molar refractivity (Wildman–Crippen MR) is 119 cm³/mol. The van der Waals surface area contributed by atoms with Crippen LogP contribution in [0.25, 0.3) is 16.7 Å². The molecule has 0 saturated carbocycles. The van der Waals surface area contributed by atoms with Crippen LogP contribution in [0, 0.1) is 0 Å². The summed E-state index contributed by atoms with van der Waals surface area (Å²) in [5.41, 5.74) is 1.53. The van der Waals surface area contributed by atoms with Crippen LogP contribution in [0.1, 0.15) is 19.0 Å². The van der Waals surface area contributed by atoms with Gasteiger partial charge in [-0.2, -0.15) is 5.10 Å². The van der Waals surface area contributed by atoms with Gasteiger partial charge in [-0.15, -0.1) is 11.3 Å². The van der Waals surface area contributed by atoms with Crippen LogP contribution in [0.2, 0.25) is 0 Å². The average molecular weight is 452 g/mol. The molecule has 32 heavy (non-hydrogen) atoms. The first kappa shape index (κ1) is 21.4. The van der Waals surface area contributed by atoms with Gasteiger partial charge in [-0.25, -0.2) is 14.6 Å². The van der Waals surface area contributed by atoms with Gasteiger partial charge in [0.1, 0.15) is 5.39 Å². The number of para-hydroxylation sites is 1. The molecule has 0 radical (unpaired) electrons. The van der Waals surface area contributed by atoms with Gasteiger partial charge in [-0.05, 0) is 19.1 Å². The molecule has 1 amide bonds. The first-order valence-corrected chi connectivity index (χ1v) is 10.8. The molecule has 3 aromatic heterocycles. The van der Waals surface area contributed by atoms with Crippen molar-refractivity contribution in [3.63, 3.8) is 0 Å². The zero-order chi connectivity index (χ0) is 22.5. The number of aryl methyl sites for hydroxylation is 1. The molecule has 11 heteroatoms. The summed E-state index contributed by atoms with van der Waals surface area (Å²) in [6, 6.07) is 9.41. The Bertz CT molecular complexity index is 1310. The summed E-state index contributed by atoms with van der Waals surface area (Å²) >= 11 is 1.22. The summed E-state index contributed by atoms with van der Waals surface area (Å²) in [5, 5.41) is 9.42. The van der Waals surface area contributed by atoms with Crippen LogP contribution < -0.4 is 10.9 Å². The molecule has 0 spiro atoms. The number of fused-ring (bicyclic) bond motifs is 1. The van der Waals surface area contributed by atoms with Crippen molar-refractivity contribution >= 4 is 39.4 Å². The average Bonchev–Trinajstić information content (AvgIpc) is 3.41. The van der Waals surface area contributed by atoms with E-state index in [1.165, 1.54) is 28.4 Å². The van der Waals surface area contributed by atoms with E-state index < -0.39 is 0 Å². The van der Waals surface area contributed by atoms with Gasteiger partial charge in [0.25, 0.3) is 5.56 Å². The SMILES string of the molecule is CCOC(=O)Cc1csc(NC(=O)CCn2cnc3c(cnn3-c3ccccc3)c2=O)n1. The number of rotatable bonds is 8. The Morgan fingerprint density at radius 1 is 1.22 bits per heavy atom. The van der Waals surface area contributed by atoms with Gasteiger partial charge >= 0.3 is 5.97 Å². The number of hydrogen-bond acceptors (Lipinski definition) is 8. The minimum absolute atomic E-state index is 0.0535. The predicted octanol–water partition coefficient (Wildman–Crippen LogP) is 2.17. The summed E-state index contributed by atoms with van der Waals surface area (Å²) in [6.45, 7) is 2.20. The standard InChI is InChI=1S/C21H20N6O4S/c1-2-31-18(29)10-14-12-32-21(24-14)25-17(28)8-9-26-13-22-19-16(20(26)30)11-23-27(19)15-6-4-3-5-7-15/h3-7,11-13H,2,8-10H2,1H3,(H,24,25,28). The molecule has 164 valence electrons. The van der Waals surface area contributed by atoms with E-state index >= 15 is 0 Å². The molecule has 0 fully saturated rings. The van der Waals surface area contributed by atoms with Crippen molar-refractivity contribution in [2.24, 2.45) is 0 Å². The highest BCUT2D eigenvalue weighted by Crippen LogP contribution is 2.17. The highest BCUT2D eigenvalue weighted by atomic mass is 32.1. The van der Waals surface area contributed by atoms with Crippen LogP contribution in [0.5, 0.6) is 0 Å². The number of carbonyl (C=O) groups is 2. The number of nitrogens with zero attached hydrogens (tertiary/aromatic N) is 5. The van der Waals surface area contributed by atoms with Crippen LogP contribution in [-0.2, 0) is 27.3 Å². The molecule has 10 nitrogen and oxygen atoms in total. The summed E-state index contributed by atoms with van der Waals surface area (Å²) in [5.74, 6) is -0.664. The molecule has 0 unspecified atom stereocenters. The maximum absolute atomic E-state index is 12.8. The number of ether oxygens (including phenoxy) is 1. The number of amides is 1. The fourth-order valence-corrected chi connectivity index (χ4v) is 3.80. The van der Waals surface area contributed by atoms with Crippen LogP contribution in [-0.4, -0.2) is 42.8 Å². The van der Waals surface area contributed by atoms with E-state index in [0.717, 1.165) is 5.69 Å². The first-order valence-electron chi connectivity index (χ1n) is 9.93. The normalized spacial score (nSPS) is 10.9. The van der Waals surface area contributed by atoms with Crippen LogP contribution in [0.4, 0.5) is 5.13 Å². The fraction of sp³-hybridized carbons (Fsp3) is 0.238. The van der Waals surface area contributed by atoms with Gasteiger partial charge in [0.2, 0.25) is 5.91 Å². The largest absolute Gasteiger partial charge is 0.466 e. The number of benzene rings is 1. The second-order valence-corrected chi connectivity index (χ2v) is 7.65. The maximum atomic E-state index is 12.8. The van der Waals surface area contributed by atoms with Crippen LogP contribution in [0.3, 0.4) is 0 Å². The van der Waals surface area contributed by atoms with Gasteiger partial charge in [-0.3, -0.25) is 19.0 Å². The van der Waals surface area contributed by atoms with E-state index in [0.29, 0.717) is 28.5 Å². The molecule has 0 saturated heterocycles. The van der Waals surface area contributed by atoms with Crippen molar-refractivity contribution in [1.82, 2.24) is 24.3 Å². The number of aromatic nitrogens is 5. The minimum Gasteiger partial charge on any atom is -0.466 e. The van der Waals surface area contributed by atoms with Crippen molar-refractivity contribution < 1.29 is 14.3 Å². The molecule has 0 bridgehead atoms. The zero-order valence-corrected chi connectivity index (χ0v) is 18.0. The third-order valence-corrected chi connectivity index (χ3v) is 5.37.